The van der Waals surface area contributed by atoms with E-state index in [1.807, 2.05) is 0 Å². The number of aliphatic hydroxyl groups is 1. The molecule has 4 nitrogen and oxygen atoms in total. The quantitative estimate of drug-likeness (QED) is 0.482. The number of carbonyl (C=O) groups excluding carboxylic acids is 1. The Morgan fingerprint density at radius 3 is 2.48 bits per heavy atom. The number of halogens is 5. The fourth-order valence-corrected chi connectivity index (χ4v) is 2.70. The molecule has 2 rings (SSSR count). The zero-order valence-electron chi connectivity index (χ0n) is 11.0. The van der Waals surface area contributed by atoms with Crippen molar-refractivity contribution in [3.63, 3.8) is 0 Å². The van der Waals surface area contributed by atoms with Crippen molar-refractivity contribution in [2.45, 2.75) is 55.8 Å². The molecule has 0 spiro atoms. The number of esters is 1. The SMILES string of the molecule is C=C(C)C(=O)OC12CCCC1OC(O)(C(F)(F)F)C2(F)F. The molecule has 1 saturated heterocycles. The second-order valence-electron chi connectivity index (χ2n) is 5.27. The molecule has 1 aliphatic heterocycles. The monoisotopic (exact) mass is 316 g/mol. The van der Waals surface area contributed by atoms with Crippen LogP contribution in [0, 0.1) is 0 Å². The third-order valence-corrected chi connectivity index (χ3v) is 3.81. The first-order valence-corrected chi connectivity index (χ1v) is 6.12. The van der Waals surface area contributed by atoms with E-state index in [-0.39, 0.29) is 18.4 Å². The molecule has 3 atom stereocenters. The average Bonchev–Trinajstić information content (AvgIpc) is 2.77. The Bertz CT molecular complexity index is 489. The first-order valence-electron chi connectivity index (χ1n) is 6.12. The second-order valence-corrected chi connectivity index (χ2v) is 5.27. The van der Waals surface area contributed by atoms with E-state index in [2.05, 4.69) is 16.1 Å². The predicted octanol–water partition coefficient (Wildman–Crippen LogP) is 2.31. The van der Waals surface area contributed by atoms with Gasteiger partial charge < -0.3 is 14.6 Å². The molecule has 0 amide bonds. The van der Waals surface area contributed by atoms with Crippen molar-refractivity contribution in [2.24, 2.45) is 0 Å². The summed E-state index contributed by atoms with van der Waals surface area (Å²) in [6.45, 7) is 4.37. The normalized spacial score (nSPS) is 38.1. The molecule has 0 bridgehead atoms. The van der Waals surface area contributed by atoms with Crippen LogP contribution in [0.1, 0.15) is 26.2 Å². The van der Waals surface area contributed by atoms with Crippen LogP contribution in [0.15, 0.2) is 12.2 Å². The van der Waals surface area contributed by atoms with E-state index >= 15 is 0 Å². The van der Waals surface area contributed by atoms with Gasteiger partial charge in [-0.3, -0.25) is 0 Å². The van der Waals surface area contributed by atoms with Gasteiger partial charge in [-0.2, -0.15) is 22.0 Å². The summed E-state index contributed by atoms with van der Waals surface area (Å²) in [7, 11) is 0. The summed E-state index contributed by atoms with van der Waals surface area (Å²) in [6, 6.07) is 0. The standard InChI is InChI=1S/C12H13F5O4/c1-6(2)8(18)21-9-5-3-4-7(9)20-11(19,10(9,13)14)12(15,16)17/h7,19H,1,3-5H2,2H3. The lowest BCUT2D eigenvalue weighted by Crippen LogP contribution is -2.64. The van der Waals surface area contributed by atoms with E-state index in [9.17, 15) is 31.9 Å². The highest BCUT2D eigenvalue weighted by atomic mass is 19.4. The molecular weight excluding hydrogens is 303 g/mol. The Balaban J connectivity index is 2.48. The molecule has 3 unspecified atom stereocenters. The Hall–Kier alpha value is -1.22. The van der Waals surface area contributed by atoms with Crippen LogP contribution in [0.25, 0.3) is 0 Å². The van der Waals surface area contributed by atoms with Gasteiger partial charge in [-0.25, -0.2) is 4.79 Å². The van der Waals surface area contributed by atoms with E-state index in [1.165, 1.54) is 6.92 Å². The molecule has 2 fully saturated rings. The molecule has 1 N–H and O–H groups in total. The zero-order valence-corrected chi connectivity index (χ0v) is 11.0. The van der Waals surface area contributed by atoms with Crippen molar-refractivity contribution in [3.05, 3.63) is 12.2 Å². The lowest BCUT2D eigenvalue weighted by atomic mass is 9.88. The van der Waals surface area contributed by atoms with Crippen molar-refractivity contribution < 1.29 is 41.3 Å². The van der Waals surface area contributed by atoms with Crippen LogP contribution in [0.2, 0.25) is 0 Å². The van der Waals surface area contributed by atoms with Crippen LogP contribution in [0.3, 0.4) is 0 Å². The average molecular weight is 316 g/mol. The van der Waals surface area contributed by atoms with Crippen molar-refractivity contribution in [1.82, 2.24) is 0 Å². The van der Waals surface area contributed by atoms with E-state index in [4.69, 9.17) is 0 Å². The van der Waals surface area contributed by atoms with Crippen molar-refractivity contribution in [2.75, 3.05) is 0 Å². The Morgan fingerprint density at radius 2 is 2.00 bits per heavy atom. The van der Waals surface area contributed by atoms with Gasteiger partial charge in [0.1, 0.15) is 6.10 Å². The molecular formula is C12H13F5O4. The molecule has 1 aliphatic carbocycles. The molecule has 0 aromatic rings. The number of carbonyl (C=O) groups is 1. The number of rotatable bonds is 2. The minimum Gasteiger partial charge on any atom is -0.446 e. The fraction of sp³-hybridized carbons (Fsp3) is 0.750. The highest BCUT2D eigenvalue weighted by molar-refractivity contribution is 5.87. The summed E-state index contributed by atoms with van der Waals surface area (Å²) in [6.07, 6.45) is -8.11. The molecule has 21 heavy (non-hydrogen) atoms. The largest absolute Gasteiger partial charge is 0.449 e. The molecule has 0 radical (unpaired) electrons. The summed E-state index contributed by atoms with van der Waals surface area (Å²) in [4.78, 5) is 11.5. The number of alkyl halides is 5. The van der Waals surface area contributed by atoms with Crippen molar-refractivity contribution in [3.8, 4) is 0 Å². The van der Waals surface area contributed by atoms with Crippen LogP contribution in [0.4, 0.5) is 22.0 Å². The highest BCUT2D eigenvalue weighted by Crippen LogP contribution is 2.62. The summed E-state index contributed by atoms with van der Waals surface area (Å²) >= 11 is 0. The van der Waals surface area contributed by atoms with Gasteiger partial charge in [0.25, 0.3) is 0 Å². The molecule has 1 saturated carbocycles. The van der Waals surface area contributed by atoms with E-state index in [0.717, 1.165) is 0 Å². The maximum atomic E-state index is 14.3. The molecule has 9 heteroatoms. The van der Waals surface area contributed by atoms with Gasteiger partial charge in [-0.05, 0) is 26.2 Å². The first kappa shape index (κ1) is 16.2. The van der Waals surface area contributed by atoms with Crippen molar-refractivity contribution in [1.29, 1.82) is 0 Å². The van der Waals surface area contributed by atoms with Crippen LogP contribution in [-0.4, -0.2) is 40.7 Å². The van der Waals surface area contributed by atoms with Gasteiger partial charge in [-0.1, -0.05) is 6.58 Å². The van der Waals surface area contributed by atoms with Gasteiger partial charge in [0.15, 0.2) is 0 Å². The predicted molar refractivity (Wildman–Crippen MR) is 58.3 cm³/mol. The molecule has 1 heterocycles. The molecule has 2 aliphatic rings. The van der Waals surface area contributed by atoms with E-state index in [1.54, 1.807) is 0 Å². The summed E-state index contributed by atoms with van der Waals surface area (Å²) in [5.74, 6) is -10.8. The zero-order chi connectivity index (χ0) is 16.3. The van der Waals surface area contributed by atoms with Crippen LogP contribution in [-0.2, 0) is 14.3 Å². The number of fused-ring (bicyclic) bond motifs is 1. The van der Waals surface area contributed by atoms with Gasteiger partial charge in [0.2, 0.25) is 5.60 Å². The number of hydrogen-bond donors (Lipinski definition) is 1. The minimum absolute atomic E-state index is 0.0810. The fourth-order valence-electron chi connectivity index (χ4n) is 2.70. The smallest absolute Gasteiger partial charge is 0.446 e. The maximum absolute atomic E-state index is 14.3. The van der Waals surface area contributed by atoms with Crippen molar-refractivity contribution >= 4 is 5.97 Å². The molecule has 0 aromatic heterocycles. The van der Waals surface area contributed by atoms with Crippen LogP contribution >= 0.6 is 0 Å². The molecule has 0 aromatic carbocycles. The Labute approximate surface area is 116 Å². The van der Waals surface area contributed by atoms with Crippen LogP contribution in [0.5, 0.6) is 0 Å². The van der Waals surface area contributed by atoms with E-state index < -0.39 is 42.0 Å². The lowest BCUT2D eigenvalue weighted by molar-refractivity contribution is -0.413. The maximum Gasteiger partial charge on any atom is 0.449 e. The Kier molecular flexibility index (Phi) is 3.38. The Morgan fingerprint density at radius 1 is 1.43 bits per heavy atom. The highest BCUT2D eigenvalue weighted by Gasteiger charge is 2.87. The van der Waals surface area contributed by atoms with Gasteiger partial charge >= 0.3 is 23.9 Å². The third-order valence-electron chi connectivity index (χ3n) is 3.81. The first-order chi connectivity index (χ1) is 9.39. The van der Waals surface area contributed by atoms with Gasteiger partial charge in [-0.15, -0.1) is 0 Å². The second kappa shape index (κ2) is 4.39. The summed E-state index contributed by atoms with van der Waals surface area (Å²) in [5.41, 5.74) is -3.08. The lowest BCUT2D eigenvalue weighted by Gasteiger charge is -2.37. The minimum atomic E-state index is -5.73. The van der Waals surface area contributed by atoms with Gasteiger partial charge in [0.05, 0.1) is 0 Å². The molecule has 120 valence electrons. The topological polar surface area (TPSA) is 55.8 Å². The summed E-state index contributed by atoms with van der Waals surface area (Å²) < 4.78 is 75.9. The number of hydrogen-bond acceptors (Lipinski definition) is 4. The van der Waals surface area contributed by atoms with Gasteiger partial charge in [0, 0.05) is 5.57 Å². The summed E-state index contributed by atoms with van der Waals surface area (Å²) in [5, 5.41) is 9.37. The third kappa shape index (κ3) is 1.90. The van der Waals surface area contributed by atoms with E-state index in [0.29, 0.717) is 0 Å². The number of ether oxygens (including phenoxy) is 2. The van der Waals surface area contributed by atoms with Crippen LogP contribution < -0.4 is 0 Å².